The van der Waals surface area contributed by atoms with Gasteiger partial charge >= 0.3 is 0 Å². The van der Waals surface area contributed by atoms with Gasteiger partial charge in [-0.3, -0.25) is 4.90 Å². The third kappa shape index (κ3) is 4.17. The van der Waals surface area contributed by atoms with Gasteiger partial charge in [0.15, 0.2) is 0 Å². The second-order valence-corrected chi connectivity index (χ2v) is 6.44. The minimum atomic E-state index is 0.493. The van der Waals surface area contributed by atoms with Crippen LogP contribution in [0.4, 0.5) is 0 Å². The molecule has 0 spiro atoms. The van der Waals surface area contributed by atoms with Gasteiger partial charge in [0.1, 0.15) is 0 Å². The molecule has 0 aromatic rings. The first kappa shape index (κ1) is 15.3. The fourth-order valence-electron chi connectivity index (χ4n) is 3.53. The molecule has 19 heavy (non-hydrogen) atoms. The molecular formula is C16H32N2O. The molecule has 3 heteroatoms. The molecule has 2 aliphatic rings. The Hall–Kier alpha value is -0.120. The van der Waals surface area contributed by atoms with Gasteiger partial charge < -0.3 is 10.1 Å². The number of ether oxygens (including phenoxy) is 1. The zero-order valence-corrected chi connectivity index (χ0v) is 13.0. The highest BCUT2D eigenvalue weighted by molar-refractivity contribution is 4.90. The second kappa shape index (κ2) is 7.61. The molecule has 1 N–H and O–H groups in total. The molecule has 4 atom stereocenters. The van der Waals surface area contributed by atoms with Crippen molar-refractivity contribution in [2.45, 2.75) is 71.1 Å². The number of nitrogens with zero attached hydrogens (tertiary/aromatic N) is 1. The molecule has 0 aromatic heterocycles. The van der Waals surface area contributed by atoms with E-state index in [0.717, 1.165) is 25.6 Å². The van der Waals surface area contributed by atoms with Crippen LogP contribution in [-0.2, 0) is 4.74 Å². The molecule has 0 amide bonds. The van der Waals surface area contributed by atoms with Gasteiger partial charge in [0, 0.05) is 38.3 Å². The van der Waals surface area contributed by atoms with Crippen molar-refractivity contribution in [1.29, 1.82) is 0 Å². The maximum Gasteiger partial charge on any atom is 0.0702 e. The molecule has 0 bridgehead atoms. The number of hydrogen-bond donors (Lipinski definition) is 1. The first-order chi connectivity index (χ1) is 9.24. The van der Waals surface area contributed by atoms with Crippen molar-refractivity contribution in [2.75, 3.05) is 26.2 Å². The summed E-state index contributed by atoms with van der Waals surface area (Å²) in [5.41, 5.74) is 0. The van der Waals surface area contributed by atoms with E-state index >= 15 is 0 Å². The van der Waals surface area contributed by atoms with Crippen LogP contribution in [0.5, 0.6) is 0 Å². The van der Waals surface area contributed by atoms with Crippen LogP contribution in [0.3, 0.4) is 0 Å². The van der Waals surface area contributed by atoms with E-state index in [9.17, 15) is 0 Å². The molecule has 2 rings (SSSR count). The molecule has 0 radical (unpaired) electrons. The van der Waals surface area contributed by atoms with Gasteiger partial charge in [-0.2, -0.15) is 0 Å². The molecule has 0 aliphatic carbocycles. The number of rotatable bonds is 6. The average Bonchev–Trinajstić information content (AvgIpc) is 2.91. The van der Waals surface area contributed by atoms with Crippen LogP contribution in [0.1, 0.15) is 52.9 Å². The predicted molar refractivity (Wildman–Crippen MR) is 80.5 cm³/mol. The Morgan fingerprint density at radius 1 is 1.37 bits per heavy atom. The van der Waals surface area contributed by atoms with Crippen LogP contribution in [0.15, 0.2) is 0 Å². The molecular weight excluding hydrogens is 236 g/mol. The lowest BCUT2D eigenvalue weighted by Gasteiger charge is -2.44. The summed E-state index contributed by atoms with van der Waals surface area (Å²) in [5.74, 6) is 0.775. The van der Waals surface area contributed by atoms with E-state index in [1.807, 2.05) is 0 Å². The van der Waals surface area contributed by atoms with Crippen LogP contribution in [0.25, 0.3) is 0 Å². The molecule has 112 valence electrons. The van der Waals surface area contributed by atoms with Crippen LogP contribution < -0.4 is 5.32 Å². The molecule has 3 nitrogen and oxygen atoms in total. The Morgan fingerprint density at radius 3 is 2.84 bits per heavy atom. The standard InChI is InChI=1S/C16H32N2O/c1-4-7-14-11-18(12-15-8-6-9-19-15)16(10-17-14)13(3)5-2/h13-17H,4-12H2,1-3H3. The second-order valence-electron chi connectivity index (χ2n) is 6.44. The van der Waals surface area contributed by atoms with Crippen molar-refractivity contribution in [3.05, 3.63) is 0 Å². The van der Waals surface area contributed by atoms with Crippen molar-refractivity contribution in [3.8, 4) is 0 Å². The van der Waals surface area contributed by atoms with E-state index in [1.54, 1.807) is 0 Å². The van der Waals surface area contributed by atoms with Gasteiger partial charge in [-0.25, -0.2) is 0 Å². The smallest absolute Gasteiger partial charge is 0.0702 e. The van der Waals surface area contributed by atoms with Gasteiger partial charge in [0.25, 0.3) is 0 Å². The topological polar surface area (TPSA) is 24.5 Å². The summed E-state index contributed by atoms with van der Waals surface area (Å²) >= 11 is 0. The van der Waals surface area contributed by atoms with Crippen LogP contribution in [0, 0.1) is 5.92 Å². The Bertz CT molecular complexity index is 253. The summed E-state index contributed by atoms with van der Waals surface area (Å²) in [7, 11) is 0. The molecule has 2 heterocycles. The summed E-state index contributed by atoms with van der Waals surface area (Å²) in [6.45, 7) is 11.5. The van der Waals surface area contributed by atoms with Crippen molar-refractivity contribution in [2.24, 2.45) is 5.92 Å². The zero-order valence-electron chi connectivity index (χ0n) is 13.0. The largest absolute Gasteiger partial charge is 0.377 e. The normalized spacial score (nSPS) is 34.6. The van der Waals surface area contributed by atoms with Crippen molar-refractivity contribution < 1.29 is 4.74 Å². The maximum atomic E-state index is 5.85. The van der Waals surface area contributed by atoms with Gasteiger partial charge in [0.05, 0.1) is 6.10 Å². The summed E-state index contributed by atoms with van der Waals surface area (Å²) in [4.78, 5) is 2.72. The molecule has 0 saturated carbocycles. The number of nitrogens with one attached hydrogen (secondary N) is 1. The zero-order chi connectivity index (χ0) is 13.7. The van der Waals surface area contributed by atoms with Gasteiger partial charge in [-0.15, -0.1) is 0 Å². The fraction of sp³-hybridized carbons (Fsp3) is 1.00. The van der Waals surface area contributed by atoms with Gasteiger partial charge in [-0.1, -0.05) is 33.6 Å². The minimum absolute atomic E-state index is 0.493. The summed E-state index contributed by atoms with van der Waals surface area (Å²) in [5, 5.41) is 3.76. The third-order valence-corrected chi connectivity index (χ3v) is 4.94. The average molecular weight is 268 g/mol. The lowest BCUT2D eigenvalue weighted by molar-refractivity contribution is 0.0232. The highest BCUT2D eigenvalue weighted by atomic mass is 16.5. The Morgan fingerprint density at radius 2 is 2.21 bits per heavy atom. The highest BCUT2D eigenvalue weighted by Gasteiger charge is 2.32. The maximum absolute atomic E-state index is 5.85. The predicted octanol–water partition coefficient (Wildman–Crippen LogP) is 2.65. The van der Waals surface area contributed by atoms with E-state index in [1.165, 1.54) is 38.6 Å². The fourth-order valence-corrected chi connectivity index (χ4v) is 3.53. The van der Waals surface area contributed by atoms with Gasteiger partial charge in [-0.05, 0) is 25.2 Å². The van der Waals surface area contributed by atoms with E-state index in [0.29, 0.717) is 18.2 Å². The molecule has 2 aliphatic heterocycles. The van der Waals surface area contributed by atoms with Crippen molar-refractivity contribution in [3.63, 3.8) is 0 Å². The Kier molecular flexibility index (Phi) is 6.11. The summed E-state index contributed by atoms with van der Waals surface area (Å²) in [6, 6.07) is 1.38. The third-order valence-electron chi connectivity index (χ3n) is 4.94. The Balaban J connectivity index is 1.93. The van der Waals surface area contributed by atoms with Gasteiger partial charge in [0.2, 0.25) is 0 Å². The SMILES string of the molecule is CCCC1CN(CC2CCCO2)C(C(C)CC)CN1. The quantitative estimate of drug-likeness (QED) is 0.801. The molecule has 0 aromatic carbocycles. The van der Waals surface area contributed by atoms with E-state index < -0.39 is 0 Å². The number of hydrogen-bond acceptors (Lipinski definition) is 3. The number of piperazine rings is 1. The van der Waals surface area contributed by atoms with Crippen LogP contribution in [-0.4, -0.2) is 49.3 Å². The monoisotopic (exact) mass is 268 g/mol. The van der Waals surface area contributed by atoms with E-state index in [-0.39, 0.29) is 0 Å². The first-order valence-electron chi connectivity index (χ1n) is 8.33. The summed E-state index contributed by atoms with van der Waals surface area (Å²) < 4.78 is 5.85. The lowest BCUT2D eigenvalue weighted by atomic mass is 9.93. The van der Waals surface area contributed by atoms with E-state index in [2.05, 4.69) is 31.0 Å². The van der Waals surface area contributed by atoms with Crippen LogP contribution in [0.2, 0.25) is 0 Å². The minimum Gasteiger partial charge on any atom is -0.377 e. The van der Waals surface area contributed by atoms with Crippen molar-refractivity contribution >= 4 is 0 Å². The Labute approximate surface area is 119 Å². The van der Waals surface area contributed by atoms with Crippen LogP contribution >= 0.6 is 0 Å². The van der Waals surface area contributed by atoms with E-state index in [4.69, 9.17) is 4.74 Å². The first-order valence-corrected chi connectivity index (χ1v) is 8.33. The molecule has 4 unspecified atom stereocenters. The summed E-state index contributed by atoms with van der Waals surface area (Å²) in [6.07, 6.45) is 6.85. The lowest BCUT2D eigenvalue weighted by Crippen LogP contribution is -2.59. The highest BCUT2D eigenvalue weighted by Crippen LogP contribution is 2.22. The molecule has 2 fully saturated rings. The van der Waals surface area contributed by atoms with Crippen molar-refractivity contribution in [1.82, 2.24) is 10.2 Å². The molecule has 2 saturated heterocycles.